The SMILES string of the molecule is CCCCC(CC)C(O)Cc1c(C)cccc1C. The lowest BCUT2D eigenvalue weighted by molar-refractivity contribution is 0.0984. The van der Waals surface area contributed by atoms with E-state index in [1.54, 1.807) is 0 Å². The minimum Gasteiger partial charge on any atom is -0.392 e. The summed E-state index contributed by atoms with van der Waals surface area (Å²) in [5, 5.41) is 10.4. The fourth-order valence-electron chi connectivity index (χ4n) is 2.68. The van der Waals surface area contributed by atoms with E-state index in [-0.39, 0.29) is 6.10 Å². The van der Waals surface area contributed by atoms with Crippen molar-refractivity contribution in [3.8, 4) is 0 Å². The second kappa shape index (κ2) is 7.58. The van der Waals surface area contributed by atoms with Gasteiger partial charge in [-0.05, 0) is 49.3 Å². The maximum atomic E-state index is 10.4. The highest BCUT2D eigenvalue weighted by Gasteiger charge is 2.18. The van der Waals surface area contributed by atoms with Crippen molar-refractivity contribution in [1.29, 1.82) is 0 Å². The molecule has 0 bridgehead atoms. The Morgan fingerprint density at radius 1 is 1.11 bits per heavy atom. The quantitative estimate of drug-likeness (QED) is 0.757. The minimum absolute atomic E-state index is 0.193. The summed E-state index contributed by atoms with van der Waals surface area (Å²) in [5.74, 6) is 0.448. The number of benzene rings is 1. The van der Waals surface area contributed by atoms with Crippen LogP contribution in [0.1, 0.15) is 56.2 Å². The second-order valence-corrected chi connectivity index (χ2v) is 5.45. The molecule has 0 aromatic heterocycles. The predicted octanol–water partition coefficient (Wildman–Crippen LogP) is 4.42. The average Bonchev–Trinajstić information content (AvgIpc) is 2.35. The van der Waals surface area contributed by atoms with E-state index < -0.39 is 0 Å². The predicted molar refractivity (Wildman–Crippen MR) is 78.9 cm³/mol. The monoisotopic (exact) mass is 248 g/mol. The number of rotatable bonds is 7. The van der Waals surface area contributed by atoms with E-state index in [4.69, 9.17) is 0 Å². The highest BCUT2D eigenvalue weighted by molar-refractivity contribution is 5.34. The van der Waals surface area contributed by atoms with Crippen molar-refractivity contribution in [1.82, 2.24) is 0 Å². The molecule has 0 aliphatic carbocycles. The van der Waals surface area contributed by atoms with Gasteiger partial charge in [-0.2, -0.15) is 0 Å². The number of aliphatic hydroxyl groups is 1. The molecule has 0 fully saturated rings. The van der Waals surface area contributed by atoms with E-state index >= 15 is 0 Å². The van der Waals surface area contributed by atoms with E-state index in [0.717, 1.165) is 19.3 Å². The zero-order chi connectivity index (χ0) is 13.5. The third kappa shape index (κ3) is 4.13. The highest BCUT2D eigenvalue weighted by Crippen LogP contribution is 2.23. The number of hydrogen-bond acceptors (Lipinski definition) is 1. The summed E-state index contributed by atoms with van der Waals surface area (Å²) in [6.45, 7) is 8.68. The van der Waals surface area contributed by atoms with Crippen molar-refractivity contribution in [2.45, 2.75) is 65.9 Å². The van der Waals surface area contributed by atoms with Crippen LogP contribution in [0.4, 0.5) is 0 Å². The molecule has 1 aromatic rings. The van der Waals surface area contributed by atoms with Gasteiger partial charge in [0.05, 0.1) is 6.10 Å². The summed E-state index contributed by atoms with van der Waals surface area (Å²) in [4.78, 5) is 0. The van der Waals surface area contributed by atoms with Crippen LogP contribution in [0.25, 0.3) is 0 Å². The number of aryl methyl sites for hydroxylation is 2. The van der Waals surface area contributed by atoms with E-state index in [0.29, 0.717) is 5.92 Å². The smallest absolute Gasteiger partial charge is 0.0608 e. The molecule has 0 aliphatic rings. The largest absolute Gasteiger partial charge is 0.392 e. The third-order valence-corrected chi connectivity index (χ3v) is 4.05. The molecule has 2 unspecified atom stereocenters. The van der Waals surface area contributed by atoms with Gasteiger partial charge in [0, 0.05) is 0 Å². The summed E-state index contributed by atoms with van der Waals surface area (Å²) in [5.41, 5.74) is 3.94. The van der Waals surface area contributed by atoms with Crippen molar-refractivity contribution in [3.63, 3.8) is 0 Å². The zero-order valence-electron chi connectivity index (χ0n) is 12.4. The molecule has 18 heavy (non-hydrogen) atoms. The summed E-state index contributed by atoms with van der Waals surface area (Å²) in [7, 11) is 0. The molecule has 1 nitrogen and oxygen atoms in total. The third-order valence-electron chi connectivity index (χ3n) is 4.05. The van der Waals surface area contributed by atoms with Crippen LogP contribution in [-0.4, -0.2) is 11.2 Å². The van der Waals surface area contributed by atoms with Crippen molar-refractivity contribution in [2.24, 2.45) is 5.92 Å². The van der Waals surface area contributed by atoms with Gasteiger partial charge in [0.15, 0.2) is 0 Å². The van der Waals surface area contributed by atoms with Gasteiger partial charge in [-0.1, -0.05) is 51.3 Å². The van der Waals surface area contributed by atoms with Crippen LogP contribution < -0.4 is 0 Å². The van der Waals surface area contributed by atoms with Gasteiger partial charge < -0.3 is 5.11 Å². The molecule has 102 valence electrons. The van der Waals surface area contributed by atoms with E-state index in [2.05, 4.69) is 45.9 Å². The van der Waals surface area contributed by atoms with Crippen molar-refractivity contribution in [3.05, 3.63) is 34.9 Å². The maximum Gasteiger partial charge on any atom is 0.0608 e. The van der Waals surface area contributed by atoms with Gasteiger partial charge >= 0.3 is 0 Å². The molecule has 0 radical (unpaired) electrons. The van der Waals surface area contributed by atoms with E-state index in [1.165, 1.54) is 29.5 Å². The van der Waals surface area contributed by atoms with Crippen LogP contribution in [-0.2, 0) is 6.42 Å². The Labute approximate surface area is 112 Å². The van der Waals surface area contributed by atoms with E-state index in [1.807, 2.05) is 0 Å². The van der Waals surface area contributed by atoms with Crippen LogP contribution in [0.5, 0.6) is 0 Å². The average molecular weight is 248 g/mol. The summed E-state index contributed by atoms with van der Waals surface area (Å²) < 4.78 is 0. The van der Waals surface area contributed by atoms with Crippen molar-refractivity contribution < 1.29 is 5.11 Å². The Kier molecular flexibility index (Phi) is 6.42. The Hall–Kier alpha value is -0.820. The maximum absolute atomic E-state index is 10.4. The van der Waals surface area contributed by atoms with Gasteiger partial charge in [0.1, 0.15) is 0 Å². The lowest BCUT2D eigenvalue weighted by atomic mass is 9.87. The number of unbranched alkanes of at least 4 members (excludes halogenated alkanes) is 1. The lowest BCUT2D eigenvalue weighted by Crippen LogP contribution is -2.23. The Balaban J connectivity index is 2.70. The molecular weight excluding hydrogens is 220 g/mol. The molecule has 2 atom stereocenters. The van der Waals surface area contributed by atoms with Crippen LogP contribution in [0.3, 0.4) is 0 Å². The molecule has 0 saturated heterocycles. The van der Waals surface area contributed by atoms with Crippen LogP contribution in [0, 0.1) is 19.8 Å². The van der Waals surface area contributed by atoms with Gasteiger partial charge in [0.25, 0.3) is 0 Å². The summed E-state index contributed by atoms with van der Waals surface area (Å²) in [6.07, 6.45) is 5.28. The first-order valence-corrected chi connectivity index (χ1v) is 7.33. The second-order valence-electron chi connectivity index (χ2n) is 5.45. The number of hydrogen-bond donors (Lipinski definition) is 1. The molecule has 0 aliphatic heterocycles. The first kappa shape index (κ1) is 15.2. The lowest BCUT2D eigenvalue weighted by Gasteiger charge is -2.23. The van der Waals surface area contributed by atoms with Crippen molar-refractivity contribution >= 4 is 0 Å². The zero-order valence-corrected chi connectivity index (χ0v) is 12.4. The molecule has 1 rings (SSSR count). The van der Waals surface area contributed by atoms with Crippen molar-refractivity contribution in [2.75, 3.05) is 0 Å². The number of aliphatic hydroxyl groups excluding tert-OH is 1. The standard InChI is InChI=1S/C17H28O/c1-5-7-11-15(6-2)17(18)12-16-13(3)9-8-10-14(16)4/h8-10,15,17-18H,5-7,11-12H2,1-4H3. The molecule has 1 N–H and O–H groups in total. The Bertz CT molecular complexity index is 336. The Morgan fingerprint density at radius 3 is 2.22 bits per heavy atom. The van der Waals surface area contributed by atoms with E-state index in [9.17, 15) is 5.11 Å². The van der Waals surface area contributed by atoms with Crippen LogP contribution in [0.15, 0.2) is 18.2 Å². The fraction of sp³-hybridized carbons (Fsp3) is 0.647. The summed E-state index contributed by atoms with van der Waals surface area (Å²) in [6, 6.07) is 6.37. The van der Waals surface area contributed by atoms with Gasteiger partial charge in [-0.3, -0.25) is 0 Å². The fourth-order valence-corrected chi connectivity index (χ4v) is 2.68. The molecule has 1 heteroatoms. The topological polar surface area (TPSA) is 20.2 Å². The molecule has 0 amide bonds. The first-order chi connectivity index (χ1) is 8.60. The van der Waals surface area contributed by atoms with Gasteiger partial charge in [0.2, 0.25) is 0 Å². The summed E-state index contributed by atoms with van der Waals surface area (Å²) >= 11 is 0. The molecule has 1 aromatic carbocycles. The molecule has 0 heterocycles. The van der Waals surface area contributed by atoms with Gasteiger partial charge in [-0.15, -0.1) is 0 Å². The molecule has 0 spiro atoms. The van der Waals surface area contributed by atoms with Crippen LogP contribution in [0.2, 0.25) is 0 Å². The Morgan fingerprint density at radius 2 is 1.72 bits per heavy atom. The normalized spacial score (nSPS) is 14.5. The van der Waals surface area contributed by atoms with Gasteiger partial charge in [-0.25, -0.2) is 0 Å². The highest BCUT2D eigenvalue weighted by atomic mass is 16.3. The molecular formula is C17H28O. The minimum atomic E-state index is -0.193. The van der Waals surface area contributed by atoms with Crippen LogP contribution >= 0.6 is 0 Å². The molecule has 0 saturated carbocycles. The first-order valence-electron chi connectivity index (χ1n) is 7.33.